The number of benzene rings is 3. The predicted octanol–water partition coefficient (Wildman–Crippen LogP) is 4.78. The second-order valence-electron chi connectivity index (χ2n) is 12.2. The first-order valence-corrected chi connectivity index (χ1v) is 14.7. The van der Waals surface area contributed by atoms with Crippen LogP contribution in [0.25, 0.3) is 32.8 Å². The molecule has 9 heteroatoms. The number of aromatic nitrogens is 2. The van der Waals surface area contributed by atoms with Gasteiger partial charge in [0, 0.05) is 60.0 Å². The van der Waals surface area contributed by atoms with E-state index in [-0.39, 0.29) is 41.0 Å². The van der Waals surface area contributed by atoms with Gasteiger partial charge in [-0.25, -0.2) is 8.78 Å². The number of nitrogens with one attached hydrogen (secondary N) is 1. The van der Waals surface area contributed by atoms with Gasteiger partial charge >= 0.3 is 6.01 Å². The lowest BCUT2D eigenvalue weighted by atomic mass is 9.93. The van der Waals surface area contributed by atoms with Gasteiger partial charge in [-0.05, 0) is 61.0 Å². The fraction of sp³-hybridized carbons (Fsp3) is 0.394. The van der Waals surface area contributed by atoms with Crippen LogP contribution in [0.5, 0.6) is 11.8 Å². The zero-order valence-corrected chi connectivity index (χ0v) is 23.1. The smallest absolute Gasteiger partial charge is 0.319 e. The van der Waals surface area contributed by atoms with E-state index in [1.54, 1.807) is 24.3 Å². The summed E-state index contributed by atoms with van der Waals surface area (Å²) in [5.41, 5.74) is 1.15. The highest BCUT2D eigenvalue weighted by Crippen LogP contribution is 2.42. The van der Waals surface area contributed by atoms with Crippen molar-refractivity contribution in [2.45, 2.75) is 49.5 Å². The number of fused-ring (bicyclic) bond motifs is 5. The predicted molar refractivity (Wildman–Crippen MR) is 158 cm³/mol. The van der Waals surface area contributed by atoms with Crippen molar-refractivity contribution in [3.8, 4) is 35.2 Å². The molecule has 42 heavy (non-hydrogen) atoms. The molecule has 4 atom stereocenters. The molecule has 4 aliphatic heterocycles. The molecule has 7 nitrogen and oxygen atoms in total. The van der Waals surface area contributed by atoms with Gasteiger partial charge in [0.1, 0.15) is 29.9 Å². The van der Waals surface area contributed by atoms with E-state index in [2.05, 4.69) is 26.0 Å². The van der Waals surface area contributed by atoms with Crippen LogP contribution in [-0.2, 0) is 0 Å². The Kier molecular flexibility index (Phi) is 5.82. The molecule has 4 saturated heterocycles. The van der Waals surface area contributed by atoms with E-state index in [0.29, 0.717) is 46.7 Å². The minimum atomic E-state index is -0.875. The Bertz CT molecular complexity index is 1790. The van der Waals surface area contributed by atoms with Crippen LogP contribution >= 0.6 is 0 Å². The van der Waals surface area contributed by atoms with Crippen molar-refractivity contribution in [2.75, 3.05) is 37.7 Å². The van der Waals surface area contributed by atoms with Gasteiger partial charge in [-0.2, -0.15) is 9.97 Å². The molecule has 4 aromatic rings. The molecule has 0 unspecified atom stereocenters. The van der Waals surface area contributed by atoms with E-state index >= 15 is 4.39 Å². The Morgan fingerprint density at radius 2 is 2.07 bits per heavy atom. The van der Waals surface area contributed by atoms with E-state index in [1.165, 1.54) is 0 Å². The normalized spacial score (nSPS) is 26.8. The van der Waals surface area contributed by atoms with Crippen molar-refractivity contribution in [3.05, 3.63) is 53.8 Å². The largest absolute Gasteiger partial charge is 0.508 e. The van der Waals surface area contributed by atoms with Gasteiger partial charge in [0.05, 0.1) is 5.54 Å². The van der Waals surface area contributed by atoms with E-state index in [1.807, 2.05) is 18.2 Å². The standard InChI is InChI=1S/C33H31F2N5O2/c1-2-19-5-3-6-20-11-24(41)13-27(28(19)20)25-7-8-26-30(29(25)35)37-32(38-31(26)40-17-22-12-23(40)15-36-22)42-18-33-9-4-10-39(33)16-21(34)14-33/h1,3,5-8,11,13,21-23,36,41H,4,9-10,12,14-18H2/t21-,22+,23+,33+/m1/s1. The average Bonchev–Trinajstić information content (AvgIpc) is 3.77. The van der Waals surface area contributed by atoms with Crippen LogP contribution in [0, 0.1) is 18.2 Å². The maximum atomic E-state index is 16.7. The fourth-order valence-electron chi connectivity index (χ4n) is 7.83. The van der Waals surface area contributed by atoms with Crippen molar-refractivity contribution < 1.29 is 18.6 Å². The molecule has 8 rings (SSSR count). The summed E-state index contributed by atoms with van der Waals surface area (Å²) in [6.07, 6.45) is 8.23. The highest BCUT2D eigenvalue weighted by Gasteiger charge is 2.49. The summed E-state index contributed by atoms with van der Waals surface area (Å²) in [4.78, 5) is 13.9. The van der Waals surface area contributed by atoms with Crippen LogP contribution in [0.4, 0.5) is 14.6 Å². The van der Waals surface area contributed by atoms with Crippen LogP contribution in [0.2, 0.25) is 0 Å². The number of aromatic hydroxyl groups is 1. The summed E-state index contributed by atoms with van der Waals surface area (Å²) < 4.78 is 37.4. The highest BCUT2D eigenvalue weighted by atomic mass is 19.1. The Balaban J connectivity index is 1.27. The van der Waals surface area contributed by atoms with Crippen LogP contribution in [0.1, 0.15) is 31.2 Å². The zero-order chi connectivity index (χ0) is 28.6. The van der Waals surface area contributed by atoms with Crippen LogP contribution < -0.4 is 15.0 Å². The lowest BCUT2D eigenvalue weighted by molar-refractivity contribution is 0.107. The van der Waals surface area contributed by atoms with Crippen molar-refractivity contribution in [2.24, 2.45) is 0 Å². The first-order valence-electron chi connectivity index (χ1n) is 14.7. The third-order valence-corrected chi connectivity index (χ3v) is 9.73. The number of hydrogen-bond acceptors (Lipinski definition) is 7. The Hall–Kier alpha value is -4.00. The topological polar surface area (TPSA) is 73.8 Å². The van der Waals surface area contributed by atoms with Crippen molar-refractivity contribution in [1.82, 2.24) is 20.2 Å². The Morgan fingerprint density at radius 1 is 1.17 bits per heavy atom. The number of alkyl halides is 1. The second-order valence-corrected chi connectivity index (χ2v) is 12.2. The maximum Gasteiger partial charge on any atom is 0.319 e. The van der Waals surface area contributed by atoms with Crippen molar-refractivity contribution >= 4 is 27.5 Å². The fourth-order valence-corrected chi connectivity index (χ4v) is 7.83. The number of nitrogens with zero attached hydrogens (tertiary/aromatic N) is 4. The first kappa shape index (κ1) is 25.7. The van der Waals surface area contributed by atoms with Crippen molar-refractivity contribution in [3.63, 3.8) is 0 Å². The number of ether oxygens (including phenoxy) is 1. The highest BCUT2D eigenvalue weighted by molar-refractivity contribution is 6.04. The van der Waals surface area contributed by atoms with Crippen LogP contribution in [0.15, 0.2) is 42.5 Å². The second kappa shape index (κ2) is 9.51. The summed E-state index contributed by atoms with van der Waals surface area (Å²) in [5.74, 6) is 2.83. The number of hydrogen-bond donors (Lipinski definition) is 2. The Labute approximate surface area is 242 Å². The number of anilines is 1. The molecule has 4 fully saturated rings. The number of terminal acetylenes is 1. The monoisotopic (exact) mass is 567 g/mol. The molecule has 0 saturated carbocycles. The molecule has 0 aliphatic carbocycles. The van der Waals surface area contributed by atoms with Gasteiger partial charge in [-0.1, -0.05) is 24.1 Å². The van der Waals surface area contributed by atoms with E-state index in [4.69, 9.17) is 16.1 Å². The lowest BCUT2D eigenvalue weighted by Gasteiger charge is -2.32. The minimum Gasteiger partial charge on any atom is -0.508 e. The molecule has 0 spiro atoms. The number of halogens is 2. The minimum absolute atomic E-state index is 0.0160. The van der Waals surface area contributed by atoms with Gasteiger partial charge in [0.15, 0.2) is 5.82 Å². The third-order valence-electron chi connectivity index (χ3n) is 9.73. The number of phenolic OH excluding ortho intramolecular Hbond substituents is 1. The van der Waals surface area contributed by atoms with E-state index < -0.39 is 12.0 Å². The molecular formula is C33H31F2N5O2. The summed E-state index contributed by atoms with van der Waals surface area (Å²) in [5, 5.41) is 16.1. The number of phenols is 1. The molecule has 2 N–H and O–H groups in total. The van der Waals surface area contributed by atoms with E-state index in [9.17, 15) is 9.50 Å². The quantitative estimate of drug-likeness (QED) is 0.336. The molecule has 5 heterocycles. The van der Waals surface area contributed by atoms with Crippen LogP contribution in [0.3, 0.4) is 0 Å². The molecular weight excluding hydrogens is 536 g/mol. The molecule has 1 aromatic heterocycles. The Morgan fingerprint density at radius 3 is 2.88 bits per heavy atom. The molecule has 0 amide bonds. The average molecular weight is 568 g/mol. The summed E-state index contributed by atoms with van der Waals surface area (Å²) in [6, 6.07) is 12.9. The SMILES string of the molecule is C#Cc1cccc2cc(O)cc(-c3ccc4c(N5C[C@@H]6C[C@H]5CN6)nc(OC[C@@]56CCCN5C[C@H](F)C6)nc4c3F)c12. The maximum absolute atomic E-state index is 16.7. The molecule has 0 radical (unpaired) electrons. The summed E-state index contributed by atoms with van der Waals surface area (Å²) >= 11 is 0. The number of piperazine rings is 1. The molecule has 3 aromatic carbocycles. The third kappa shape index (κ3) is 3.92. The number of rotatable bonds is 5. The van der Waals surface area contributed by atoms with Gasteiger partial charge in [0.25, 0.3) is 0 Å². The van der Waals surface area contributed by atoms with Gasteiger partial charge in [-0.15, -0.1) is 6.42 Å². The van der Waals surface area contributed by atoms with Gasteiger partial charge in [0.2, 0.25) is 0 Å². The summed E-state index contributed by atoms with van der Waals surface area (Å²) in [6.45, 7) is 3.14. The molecule has 2 bridgehead atoms. The van der Waals surface area contributed by atoms with E-state index in [0.717, 1.165) is 44.3 Å². The van der Waals surface area contributed by atoms with Gasteiger partial charge in [-0.3, -0.25) is 4.90 Å². The molecule has 4 aliphatic rings. The van der Waals surface area contributed by atoms with Gasteiger partial charge < -0.3 is 20.1 Å². The van der Waals surface area contributed by atoms with Crippen molar-refractivity contribution in [1.29, 1.82) is 0 Å². The first-order chi connectivity index (χ1) is 20.4. The summed E-state index contributed by atoms with van der Waals surface area (Å²) in [7, 11) is 0. The van der Waals surface area contributed by atoms with Crippen LogP contribution in [-0.4, -0.2) is 76.6 Å². The lowest BCUT2D eigenvalue weighted by Crippen LogP contribution is -2.44. The molecule has 214 valence electrons. The zero-order valence-electron chi connectivity index (χ0n) is 23.1.